The van der Waals surface area contributed by atoms with Gasteiger partial charge < -0.3 is 15.4 Å². The van der Waals surface area contributed by atoms with Crippen LogP contribution in [0.2, 0.25) is 0 Å². The minimum absolute atomic E-state index is 0.136. The van der Waals surface area contributed by atoms with Crippen molar-refractivity contribution >= 4 is 27.6 Å². The Morgan fingerprint density at radius 2 is 1.92 bits per heavy atom. The topological polar surface area (TPSA) is 124 Å². The molecule has 2 rings (SSSR count). The Labute approximate surface area is 145 Å². The Balaban J connectivity index is 2.07. The number of carbonyl (C=O) groups is 3. The third kappa shape index (κ3) is 4.56. The Morgan fingerprint density at radius 3 is 2.56 bits per heavy atom. The van der Waals surface area contributed by atoms with Gasteiger partial charge in [-0.15, -0.1) is 0 Å². The van der Waals surface area contributed by atoms with Gasteiger partial charge in [0.1, 0.15) is 6.04 Å². The van der Waals surface area contributed by atoms with Gasteiger partial charge >= 0.3 is 5.97 Å². The number of nitrogens with zero attached hydrogens (tertiary/aromatic N) is 1. The highest BCUT2D eigenvalue weighted by Crippen LogP contribution is 2.18. The van der Waals surface area contributed by atoms with E-state index in [2.05, 4.69) is 0 Å². The van der Waals surface area contributed by atoms with E-state index >= 15 is 0 Å². The molecule has 0 saturated carbocycles. The van der Waals surface area contributed by atoms with Gasteiger partial charge in [0, 0.05) is 12.8 Å². The highest BCUT2D eigenvalue weighted by atomic mass is 32.2. The summed E-state index contributed by atoms with van der Waals surface area (Å²) in [4.78, 5) is 37.0. The third-order valence-electron chi connectivity index (χ3n) is 3.98. The maximum atomic E-state index is 12.3. The lowest BCUT2D eigenvalue weighted by Gasteiger charge is -2.33. The Hall–Kier alpha value is -2.42. The lowest BCUT2D eigenvalue weighted by atomic mass is 10.0. The van der Waals surface area contributed by atoms with Crippen molar-refractivity contribution in [2.75, 3.05) is 19.4 Å². The molecule has 1 saturated heterocycles. The van der Waals surface area contributed by atoms with Crippen molar-refractivity contribution in [3.05, 3.63) is 29.8 Å². The molecule has 1 aliphatic rings. The van der Waals surface area contributed by atoms with Crippen molar-refractivity contribution in [3.63, 3.8) is 0 Å². The molecule has 0 aliphatic carbocycles. The second kappa shape index (κ2) is 7.64. The van der Waals surface area contributed by atoms with Crippen LogP contribution in [0.15, 0.2) is 29.2 Å². The Morgan fingerprint density at radius 1 is 1.24 bits per heavy atom. The molecule has 2 amide bonds. The van der Waals surface area contributed by atoms with Crippen LogP contribution in [0.5, 0.6) is 0 Å². The number of likely N-dealkylation sites (tertiary alicyclic amines) is 1. The van der Waals surface area contributed by atoms with E-state index in [0.717, 1.165) is 19.1 Å². The molecule has 1 heterocycles. The molecule has 2 N–H and O–H groups in total. The van der Waals surface area contributed by atoms with Crippen LogP contribution in [0.25, 0.3) is 0 Å². The first-order chi connectivity index (χ1) is 11.7. The minimum Gasteiger partial charge on any atom is -0.452 e. The van der Waals surface area contributed by atoms with Crippen LogP contribution in [0.1, 0.15) is 29.6 Å². The molecule has 0 spiro atoms. The van der Waals surface area contributed by atoms with Gasteiger partial charge in [-0.05, 0) is 31.4 Å². The van der Waals surface area contributed by atoms with Crippen molar-refractivity contribution in [2.24, 2.45) is 5.73 Å². The number of sulfone groups is 1. The fourth-order valence-electron chi connectivity index (χ4n) is 2.77. The summed E-state index contributed by atoms with van der Waals surface area (Å²) >= 11 is 0. The van der Waals surface area contributed by atoms with E-state index in [4.69, 9.17) is 10.5 Å². The average molecular weight is 368 g/mol. The summed E-state index contributed by atoms with van der Waals surface area (Å²) in [6.07, 6.45) is 2.99. The number of primary amides is 1. The van der Waals surface area contributed by atoms with Crippen molar-refractivity contribution in [2.45, 2.75) is 30.2 Å². The molecule has 9 heteroatoms. The second-order valence-corrected chi connectivity index (χ2v) is 7.83. The predicted octanol–water partition coefficient (Wildman–Crippen LogP) is 0.113. The number of rotatable bonds is 5. The molecule has 0 bridgehead atoms. The number of piperidine rings is 1. The zero-order chi connectivity index (χ0) is 18.6. The van der Waals surface area contributed by atoms with E-state index in [9.17, 15) is 22.8 Å². The lowest BCUT2D eigenvalue weighted by Crippen LogP contribution is -2.51. The molecule has 0 unspecified atom stereocenters. The molecule has 136 valence electrons. The van der Waals surface area contributed by atoms with Crippen molar-refractivity contribution < 1.29 is 27.5 Å². The van der Waals surface area contributed by atoms with Gasteiger partial charge in [0.2, 0.25) is 5.91 Å². The number of amides is 2. The van der Waals surface area contributed by atoms with Gasteiger partial charge in [-0.2, -0.15) is 0 Å². The largest absolute Gasteiger partial charge is 0.452 e. The first-order valence-electron chi connectivity index (χ1n) is 7.77. The third-order valence-corrected chi connectivity index (χ3v) is 5.14. The van der Waals surface area contributed by atoms with Crippen LogP contribution in [0, 0.1) is 0 Å². The van der Waals surface area contributed by atoms with Crippen LogP contribution in [0.3, 0.4) is 0 Å². The summed E-state index contributed by atoms with van der Waals surface area (Å²) < 4.78 is 28.4. The van der Waals surface area contributed by atoms with E-state index in [-0.39, 0.29) is 10.5 Å². The SMILES string of the molecule is CS(=O)(=O)c1ccccc1C(=O)OCC(=O)N1CCCC[C@@H]1C(N)=O. The van der Waals surface area contributed by atoms with Gasteiger partial charge in [0.25, 0.3) is 5.91 Å². The molecule has 0 radical (unpaired) electrons. The quantitative estimate of drug-likeness (QED) is 0.736. The number of nitrogens with two attached hydrogens (primary N) is 1. The minimum atomic E-state index is -3.61. The smallest absolute Gasteiger partial charge is 0.339 e. The van der Waals surface area contributed by atoms with E-state index in [1.165, 1.54) is 29.2 Å². The number of hydrogen-bond donors (Lipinski definition) is 1. The predicted molar refractivity (Wildman–Crippen MR) is 88.4 cm³/mol. The summed E-state index contributed by atoms with van der Waals surface area (Å²) in [6.45, 7) is -0.218. The highest BCUT2D eigenvalue weighted by molar-refractivity contribution is 7.90. The van der Waals surface area contributed by atoms with Crippen molar-refractivity contribution in [3.8, 4) is 0 Å². The molecule has 25 heavy (non-hydrogen) atoms. The zero-order valence-corrected chi connectivity index (χ0v) is 14.6. The molecule has 1 atom stereocenters. The van der Waals surface area contributed by atoms with Crippen molar-refractivity contribution in [1.29, 1.82) is 0 Å². The van der Waals surface area contributed by atoms with Crippen LogP contribution in [-0.2, 0) is 24.2 Å². The molecular formula is C16H20N2O6S. The standard InChI is InChI=1S/C16H20N2O6S/c1-25(22,23)13-8-3-2-6-11(13)16(21)24-10-14(19)18-9-5-4-7-12(18)15(17)20/h2-3,6,8,12H,4-5,7,9-10H2,1H3,(H2,17,20)/t12-/m1/s1. The maximum absolute atomic E-state index is 12.3. The molecule has 1 aliphatic heterocycles. The monoisotopic (exact) mass is 368 g/mol. The fourth-order valence-corrected chi connectivity index (χ4v) is 3.65. The van der Waals surface area contributed by atoms with E-state index in [0.29, 0.717) is 13.0 Å². The second-order valence-electron chi connectivity index (χ2n) is 5.85. The number of esters is 1. The van der Waals surface area contributed by atoms with Crippen LogP contribution in [0.4, 0.5) is 0 Å². The normalized spacial score (nSPS) is 17.8. The van der Waals surface area contributed by atoms with E-state index in [1.807, 2.05) is 0 Å². The number of carbonyl (C=O) groups excluding carboxylic acids is 3. The maximum Gasteiger partial charge on any atom is 0.339 e. The highest BCUT2D eigenvalue weighted by Gasteiger charge is 2.31. The average Bonchev–Trinajstić information content (AvgIpc) is 2.58. The summed E-state index contributed by atoms with van der Waals surface area (Å²) in [5.41, 5.74) is 5.17. The fraction of sp³-hybridized carbons (Fsp3) is 0.438. The summed E-state index contributed by atoms with van der Waals surface area (Å²) in [6, 6.07) is 4.89. The first-order valence-corrected chi connectivity index (χ1v) is 9.66. The van der Waals surface area contributed by atoms with Crippen LogP contribution >= 0.6 is 0 Å². The molecule has 1 fully saturated rings. The van der Waals surface area contributed by atoms with Crippen molar-refractivity contribution in [1.82, 2.24) is 4.90 Å². The van der Waals surface area contributed by atoms with Gasteiger partial charge in [0.15, 0.2) is 16.4 Å². The van der Waals surface area contributed by atoms with Gasteiger partial charge in [-0.25, -0.2) is 13.2 Å². The molecule has 0 aromatic heterocycles. The lowest BCUT2D eigenvalue weighted by molar-refractivity contribution is -0.143. The van der Waals surface area contributed by atoms with Gasteiger partial charge in [-0.1, -0.05) is 12.1 Å². The summed E-state index contributed by atoms with van der Waals surface area (Å²) in [5, 5.41) is 0. The van der Waals surface area contributed by atoms with Crippen LogP contribution < -0.4 is 5.73 Å². The summed E-state index contributed by atoms with van der Waals surface area (Å²) in [7, 11) is -3.61. The summed E-state index contributed by atoms with van der Waals surface area (Å²) in [5.74, 6) is -2.04. The number of hydrogen-bond acceptors (Lipinski definition) is 6. The number of benzene rings is 1. The van der Waals surface area contributed by atoms with E-state index in [1.54, 1.807) is 0 Å². The molecule has 1 aromatic carbocycles. The van der Waals surface area contributed by atoms with Gasteiger partial charge in [-0.3, -0.25) is 9.59 Å². The van der Waals surface area contributed by atoms with E-state index < -0.39 is 40.3 Å². The van der Waals surface area contributed by atoms with Crippen LogP contribution in [-0.4, -0.2) is 56.6 Å². The van der Waals surface area contributed by atoms with Gasteiger partial charge in [0.05, 0.1) is 10.5 Å². The zero-order valence-electron chi connectivity index (χ0n) is 13.8. The Bertz CT molecular complexity index is 790. The molecule has 1 aromatic rings. The number of ether oxygens (including phenoxy) is 1. The Kier molecular flexibility index (Phi) is 5.78. The first kappa shape index (κ1) is 18.9. The molecule has 8 nitrogen and oxygen atoms in total. The molecular weight excluding hydrogens is 348 g/mol.